The minimum absolute atomic E-state index is 0. The third-order valence-corrected chi connectivity index (χ3v) is 10.7. The summed E-state index contributed by atoms with van der Waals surface area (Å²) in [5, 5.41) is 29.0. The Morgan fingerprint density at radius 1 is 0.568 bits per heavy atom. The number of carboxylic acids is 1. The van der Waals surface area contributed by atoms with Crippen LogP contribution in [0.15, 0.2) is 91.0 Å². The molecule has 429 valence electrons. The van der Waals surface area contributed by atoms with E-state index in [0.29, 0.717) is 52.4 Å². The van der Waals surface area contributed by atoms with E-state index in [2.05, 4.69) is 41.7 Å². The van der Waals surface area contributed by atoms with Crippen LogP contribution in [0.5, 0.6) is 0 Å². The van der Waals surface area contributed by atoms with Crippen molar-refractivity contribution >= 4 is 43.9 Å². The van der Waals surface area contributed by atoms with E-state index in [4.69, 9.17) is 40.9 Å². The molecule has 3 amide bonds. The molecule has 4 rings (SSSR count). The van der Waals surface area contributed by atoms with Gasteiger partial charge in [-0.15, -0.1) is 0 Å². The number of carbonyl (C=O) groups excluding carboxylic acids is 4. The Kier molecular flexibility index (Phi) is 40.9. The number of benzene rings is 3. The van der Waals surface area contributed by atoms with Crippen LogP contribution in [0, 0.1) is 46.9 Å². The number of hydrogen-bond acceptors (Lipinski definition) is 17. The van der Waals surface area contributed by atoms with Crippen LogP contribution in [0.25, 0.3) is 0 Å². The molecule has 0 spiro atoms. The van der Waals surface area contributed by atoms with Crippen molar-refractivity contribution in [3.05, 3.63) is 108 Å². The molecule has 3 atom stereocenters. The van der Waals surface area contributed by atoms with Gasteiger partial charge in [0.1, 0.15) is 0 Å². The van der Waals surface area contributed by atoms with Crippen LogP contribution in [0.1, 0.15) is 55.6 Å². The predicted molar refractivity (Wildman–Crippen MR) is 252 cm³/mol. The molecular weight excluding hydrogens is 1200 g/mol. The number of halogens is 6. The number of nitrogens with two attached hydrogens (primary N) is 1. The Bertz CT molecular complexity index is 2120. The fraction of sp³-hybridized carbons (Fsp3) is 0.488. The second kappa shape index (κ2) is 39.5. The molecule has 22 nitrogen and oxygen atoms in total. The van der Waals surface area contributed by atoms with E-state index in [0.717, 1.165) is 23.8 Å². The Morgan fingerprint density at radius 3 is 0.959 bits per heavy atom. The van der Waals surface area contributed by atoms with Crippen LogP contribution in [-0.4, -0.2) is 177 Å². The van der Waals surface area contributed by atoms with Crippen LogP contribution < -0.4 is 32.1 Å². The van der Waals surface area contributed by atoms with Gasteiger partial charge in [0.15, 0.2) is 20.2 Å². The second-order valence-corrected chi connectivity index (χ2v) is 17.8. The van der Waals surface area contributed by atoms with Crippen molar-refractivity contribution in [3.8, 4) is 0 Å². The van der Waals surface area contributed by atoms with Gasteiger partial charge in [0.25, 0.3) is 0 Å². The quantitative estimate of drug-likeness (QED) is 0.0671. The van der Waals surface area contributed by atoms with Gasteiger partial charge in [0, 0.05) is 66.0 Å². The Balaban J connectivity index is -0.000000786. The molecule has 1 heterocycles. The number of carboxylic acid groups (broad SMARTS) is 1. The normalized spacial score (nSPS) is 15.0. The van der Waals surface area contributed by atoms with Crippen molar-refractivity contribution in [3.63, 3.8) is 0 Å². The fourth-order valence-corrected chi connectivity index (χ4v) is 5.92. The molecule has 0 aliphatic carbocycles. The largest absolute Gasteiger partial charge is 3.00 e. The number of alkyl halides is 6. The molecule has 31 heteroatoms. The summed E-state index contributed by atoms with van der Waals surface area (Å²) < 4.78 is 118. The summed E-state index contributed by atoms with van der Waals surface area (Å²) in [4.78, 5) is 55.1. The zero-order chi connectivity index (χ0) is 54.4. The summed E-state index contributed by atoms with van der Waals surface area (Å²) in [6.07, 6.45) is 0. The van der Waals surface area contributed by atoms with Crippen molar-refractivity contribution in [1.29, 1.82) is 0 Å². The number of carbonyl (C=O) groups is 4. The molecule has 74 heavy (non-hydrogen) atoms. The van der Waals surface area contributed by atoms with Gasteiger partial charge in [-0.2, -0.15) is 26.3 Å². The Hall–Kier alpha value is -3.86. The molecule has 0 aromatic heterocycles. The summed E-state index contributed by atoms with van der Waals surface area (Å²) in [7, 11) is -11.2. The zero-order valence-electron chi connectivity index (χ0n) is 40.6. The van der Waals surface area contributed by atoms with Gasteiger partial charge in [-0.1, -0.05) is 91.0 Å². The van der Waals surface area contributed by atoms with Crippen molar-refractivity contribution in [1.82, 2.24) is 36.0 Å². The summed E-state index contributed by atoms with van der Waals surface area (Å²) in [6, 6.07) is 29.6. The summed E-state index contributed by atoms with van der Waals surface area (Å²) in [5.74, 6) is -1.32. The smallest absolute Gasteiger partial charge is 0.741 e. The first-order chi connectivity index (χ1) is 33.0. The maximum atomic E-state index is 13.3. The molecule has 1 aliphatic heterocycles. The van der Waals surface area contributed by atoms with Gasteiger partial charge in [-0.05, 0) is 37.5 Å². The van der Waals surface area contributed by atoms with Crippen molar-refractivity contribution in [2.24, 2.45) is 5.73 Å². The van der Waals surface area contributed by atoms with Gasteiger partial charge in [0.05, 0.1) is 43.7 Å². The monoisotopic (exact) mass is 1270 g/mol. The minimum atomic E-state index is -6.09. The molecule has 1 radical (unpaired) electrons. The van der Waals surface area contributed by atoms with E-state index >= 15 is 0 Å². The van der Waals surface area contributed by atoms with Crippen molar-refractivity contribution in [2.45, 2.75) is 49.9 Å². The van der Waals surface area contributed by atoms with Crippen LogP contribution in [0.4, 0.5) is 26.3 Å². The SMILES string of the molecule is CO.C[C@@H](NC(=O)CN1CCNCCN(CC(=O)N[C@H](C)c2ccccc2)CCN(CC(=O)N[C@H](C)c2ccccc2)CC1)c1ccccc1.NCC(=O)[O-].O.O.O=S(=O)([O-])C(F)(F)F.O=S(=O)([O-])C(F)(F)F.[Yb+3]. The van der Waals surface area contributed by atoms with Gasteiger partial charge in [-0.3, -0.25) is 29.1 Å². The number of nitrogens with one attached hydrogen (secondary N) is 4. The summed E-state index contributed by atoms with van der Waals surface area (Å²) in [6.45, 7) is 11.6. The fourth-order valence-electron chi connectivity index (χ4n) is 5.92. The van der Waals surface area contributed by atoms with Gasteiger partial charge in [-0.25, -0.2) is 16.8 Å². The number of aliphatic hydroxyl groups is 1. The first kappa shape index (κ1) is 76.6. The molecule has 1 aliphatic rings. The molecule has 1 saturated heterocycles. The number of hydrogen-bond donors (Lipinski definition) is 6. The van der Waals surface area contributed by atoms with Crippen molar-refractivity contribution in [2.75, 3.05) is 85.6 Å². The first-order valence-corrected chi connectivity index (χ1v) is 24.1. The van der Waals surface area contributed by atoms with Crippen LogP contribution in [0.3, 0.4) is 0 Å². The summed E-state index contributed by atoms with van der Waals surface area (Å²) in [5.41, 5.74) is -3.60. The maximum Gasteiger partial charge on any atom is 3.00 e. The first-order valence-electron chi connectivity index (χ1n) is 21.3. The van der Waals surface area contributed by atoms with E-state index in [1.54, 1.807) is 0 Å². The predicted octanol–water partition coefficient (Wildman–Crippen LogP) is -1.12. The van der Waals surface area contributed by atoms with Crippen LogP contribution in [0.2, 0.25) is 0 Å². The van der Waals surface area contributed by atoms with E-state index in [1.165, 1.54) is 0 Å². The molecule has 0 unspecified atom stereocenters. The van der Waals surface area contributed by atoms with Gasteiger partial charge in [0.2, 0.25) is 17.7 Å². The van der Waals surface area contributed by atoms with E-state index in [-0.39, 0.29) is 120 Å². The molecule has 11 N–H and O–H groups in total. The molecule has 1 fully saturated rings. The molecule has 3 aromatic carbocycles. The van der Waals surface area contributed by atoms with E-state index < -0.39 is 37.2 Å². The third kappa shape index (κ3) is 34.7. The molecule has 3 aromatic rings. The average molecular weight is 1270 g/mol. The van der Waals surface area contributed by atoms with Gasteiger partial charge >= 0.3 is 57.9 Å². The molecule has 0 saturated carbocycles. The van der Waals surface area contributed by atoms with Crippen LogP contribution >= 0.6 is 0 Å². The number of rotatable bonds is 13. The third-order valence-electron chi connectivity index (χ3n) is 9.54. The number of aliphatic carboxylic acids is 1. The number of nitrogens with zero attached hydrogens (tertiary/aromatic N) is 3. The van der Waals surface area contributed by atoms with Gasteiger partial charge < -0.3 is 62.1 Å². The van der Waals surface area contributed by atoms with E-state index in [1.807, 2.05) is 112 Å². The topological polar surface area (TPSA) is 373 Å². The number of amides is 3. The van der Waals surface area contributed by atoms with E-state index in [9.17, 15) is 40.7 Å². The summed E-state index contributed by atoms with van der Waals surface area (Å²) >= 11 is 0. The molecular formula is C43H65F6N8O14S2Yb. The Morgan fingerprint density at radius 2 is 0.770 bits per heavy atom. The number of aliphatic hydroxyl groups excluding tert-OH is 1. The van der Waals surface area contributed by atoms with Crippen LogP contribution in [-0.2, 0) is 39.4 Å². The van der Waals surface area contributed by atoms with Crippen molar-refractivity contribution < 1.29 is 140 Å². The minimum Gasteiger partial charge on any atom is -0.741 e. The Labute approximate surface area is 465 Å². The second-order valence-electron chi connectivity index (χ2n) is 15.1. The standard InChI is InChI=1S/C38H53N7O3.C2H5NO2.2CHF3O3S.CH4O.2H2O.Yb/c1-30(33-13-7-4-8-14-33)40-36(46)27-43-21-19-39-20-22-44(28-37(47)41-31(2)34-15-9-5-10-16-34)24-26-45(25-23-43)29-38(48)42-32(3)35-17-11-6-12-18-35;3-1-2(4)5;2*2-1(3,4)8(5,6)7;1-2;;;/h4-18,30-32,39H,19-29H2,1-3H3,(H,40,46)(H,41,47)(H,42,48);1,3H2,(H,4,5);2*(H,5,6,7);2H,1H3;2*1H2;/q;;;;;;;+3/p-3/t30-,31-,32-;;;;;;;/m1......./s1. The average Bonchev–Trinajstić information content (AvgIpc) is 3.29. The maximum absolute atomic E-state index is 13.3. The zero-order valence-corrected chi connectivity index (χ0v) is 43.9. The molecule has 0 bridgehead atoms.